The molecule has 0 radical (unpaired) electrons. The van der Waals surface area contributed by atoms with Gasteiger partial charge < -0.3 is 0 Å². The van der Waals surface area contributed by atoms with Crippen molar-refractivity contribution in [2.75, 3.05) is 0 Å². The number of nitrogens with zero attached hydrogens (tertiary/aromatic N) is 5. The molecule has 5 nitrogen and oxygen atoms in total. The minimum Gasteiger partial charge on any atom is -0.230 e. The molecular formula is C12H11N5S. The summed E-state index contributed by atoms with van der Waals surface area (Å²) in [5.74, 6) is 0.865. The number of rotatable bonds is 3. The average Bonchev–Trinajstić information content (AvgIpc) is 2.80. The van der Waals surface area contributed by atoms with Crippen LogP contribution in [0.15, 0.2) is 41.7 Å². The van der Waals surface area contributed by atoms with Gasteiger partial charge in [-0.3, -0.25) is 0 Å². The van der Waals surface area contributed by atoms with Gasteiger partial charge in [0.1, 0.15) is 11.4 Å². The number of aromatic nitrogens is 5. The topological polar surface area (TPSA) is 56.5 Å². The van der Waals surface area contributed by atoms with E-state index in [1.54, 1.807) is 22.8 Å². The zero-order chi connectivity index (χ0) is 12.4. The molecule has 18 heavy (non-hydrogen) atoms. The molecular weight excluding hydrogens is 246 g/mol. The second kappa shape index (κ2) is 4.73. The highest BCUT2D eigenvalue weighted by atomic mass is 32.2. The van der Waals surface area contributed by atoms with Crippen LogP contribution in [0.5, 0.6) is 0 Å². The number of fused-ring (bicyclic) bond motifs is 1. The van der Waals surface area contributed by atoms with Crippen molar-refractivity contribution in [2.24, 2.45) is 7.05 Å². The van der Waals surface area contributed by atoms with Crippen molar-refractivity contribution in [3.05, 3.63) is 42.2 Å². The van der Waals surface area contributed by atoms with Gasteiger partial charge in [0.2, 0.25) is 0 Å². The van der Waals surface area contributed by atoms with Crippen LogP contribution in [0.25, 0.3) is 11.2 Å². The summed E-state index contributed by atoms with van der Waals surface area (Å²) in [6.45, 7) is 0. The van der Waals surface area contributed by atoms with E-state index in [0.29, 0.717) is 0 Å². The van der Waals surface area contributed by atoms with Gasteiger partial charge in [0, 0.05) is 12.8 Å². The van der Waals surface area contributed by atoms with Crippen molar-refractivity contribution in [2.45, 2.75) is 10.8 Å². The summed E-state index contributed by atoms with van der Waals surface area (Å²) >= 11 is 1.65. The van der Waals surface area contributed by atoms with Gasteiger partial charge in [0.15, 0.2) is 11.2 Å². The molecule has 0 unspecified atom stereocenters. The maximum Gasteiger partial charge on any atom is 0.182 e. The Morgan fingerprint density at radius 2 is 2.00 bits per heavy atom. The Kier molecular flexibility index (Phi) is 2.93. The highest BCUT2D eigenvalue weighted by Crippen LogP contribution is 2.25. The lowest BCUT2D eigenvalue weighted by molar-refractivity contribution is 0.729. The SMILES string of the molecule is Cn1nnc2c(SCc3ccccc3)ncnc21. The molecule has 0 bridgehead atoms. The van der Waals surface area contributed by atoms with E-state index in [9.17, 15) is 0 Å². The summed E-state index contributed by atoms with van der Waals surface area (Å²) in [6, 6.07) is 10.3. The molecule has 3 aromatic rings. The van der Waals surface area contributed by atoms with Crippen LogP contribution in [-0.4, -0.2) is 25.0 Å². The molecule has 0 atom stereocenters. The maximum absolute atomic E-state index is 4.27. The molecule has 0 spiro atoms. The van der Waals surface area contributed by atoms with Gasteiger partial charge in [-0.2, -0.15) is 0 Å². The van der Waals surface area contributed by atoms with Crippen LogP contribution in [-0.2, 0) is 12.8 Å². The van der Waals surface area contributed by atoms with Gasteiger partial charge in [0.25, 0.3) is 0 Å². The zero-order valence-corrected chi connectivity index (χ0v) is 10.6. The number of hydrogen-bond donors (Lipinski definition) is 0. The lowest BCUT2D eigenvalue weighted by atomic mass is 10.2. The minimum atomic E-state index is 0.764. The van der Waals surface area contributed by atoms with Crippen LogP contribution in [0.3, 0.4) is 0 Å². The van der Waals surface area contributed by atoms with E-state index in [1.807, 2.05) is 25.2 Å². The standard InChI is InChI=1S/C12H11N5S/c1-17-11-10(15-16-17)12(14-8-13-11)18-7-9-5-3-2-4-6-9/h2-6,8H,7H2,1H3. The fourth-order valence-electron chi connectivity index (χ4n) is 1.66. The second-order valence-corrected chi connectivity index (χ2v) is 4.80. The van der Waals surface area contributed by atoms with Crippen LogP contribution in [0.4, 0.5) is 0 Å². The first-order chi connectivity index (χ1) is 8.84. The highest BCUT2D eigenvalue weighted by Gasteiger charge is 2.09. The maximum atomic E-state index is 4.27. The average molecular weight is 257 g/mol. The molecule has 2 heterocycles. The van der Waals surface area contributed by atoms with Crippen LogP contribution in [0.2, 0.25) is 0 Å². The molecule has 0 saturated carbocycles. The molecule has 0 aliphatic heterocycles. The molecule has 90 valence electrons. The first-order valence-corrected chi connectivity index (χ1v) is 6.50. The molecule has 0 saturated heterocycles. The fraction of sp³-hybridized carbons (Fsp3) is 0.167. The Bertz CT molecular complexity index is 665. The Morgan fingerprint density at radius 1 is 1.17 bits per heavy atom. The van der Waals surface area contributed by atoms with Crippen molar-refractivity contribution in [3.63, 3.8) is 0 Å². The van der Waals surface area contributed by atoms with Gasteiger partial charge in [0.05, 0.1) is 0 Å². The molecule has 0 N–H and O–H groups in total. The smallest absolute Gasteiger partial charge is 0.182 e. The predicted octanol–water partition coefficient (Wildman–Crippen LogP) is 2.05. The third kappa shape index (κ3) is 2.06. The van der Waals surface area contributed by atoms with Gasteiger partial charge in [-0.05, 0) is 5.56 Å². The summed E-state index contributed by atoms with van der Waals surface area (Å²) in [7, 11) is 1.83. The van der Waals surface area contributed by atoms with Crippen LogP contribution in [0, 0.1) is 0 Å². The Hall–Kier alpha value is -1.95. The predicted molar refractivity (Wildman–Crippen MR) is 70.1 cm³/mol. The van der Waals surface area contributed by atoms with E-state index in [2.05, 4.69) is 32.4 Å². The molecule has 2 aromatic heterocycles. The number of aryl methyl sites for hydroxylation is 1. The molecule has 0 amide bonds. The van der Waals surface area contributed by atoms with Crippen LogP contribution in [0.1, 0.15) is 5.56 Å². The fourth-order valence-corrected chi connectivity index (χ4v) is 2.55. The highest BCUT2D eigenvalue weighted by molar-refractivity contribution is 7.98. The van der Waals surface area contributed by atoms with E-state index in [1.165, 1.54) is 5.56 Å². The van der Waals surface area contributed by atoms with Crippen molar-refractivity contribution < 1.29 is 0 Å². The quantitative estimate of drug-likeness (QED) is 0.531. The van der Waals surface area contributed by atoms with E-state index in [4.69, 9.17) is 0 Å². The molecule has 3 rings (SSSR count). The lowest BCUT2D eigenvalue weighted by Gasteiger charge is -2.01. The molecule has 0 aliphatic rings. The third-order valence-corrected chi connectivity index (χ3v) is 3.62. The monoisotopic (exact) mass is 257 g/mol. The van der Waals surface area contributed by atoms with Crippen molar-refractivity contribution in [1.29, 1.82) is 0 Å². The number of thioether (sulfide) groups is 1. The van der Waals surface area contributed by atoms with Gasteiger partial charge >= 0.3 is 0 Å². The summed E-state index contributed by atoms with van der Waals surface area (Å²) < 4.78 is 1.66. The van der Waals surface area contributed by atoms with Crippen LogP contribution < -0.4 is 0 Å². The summed E-state index contributed by atoms with van der Waals surface area (Å²) in [6.07, 6.45) is 1.55. The first kappa shape index (κ1) is 11.2. The molecule has 0 fully saturated rings. The van der Waals surface area contributed by atoms with E-state index < -0.39 is 0 Å². The van der Waals surface area contributed by atoms with Gasteiger partial charge in [-0.25, -0.2) is 14.6 Å². The van der Waals surface area contributed by atoms with Crippen molar-refractivity contribution in [1.82, 2.24) is 25.0 Å². The largest absolute Gasteiger partial charge is 0.230 e. The summed E-state index contributed by atoms with van der Waals surface area (Å²) in [5.41, 5.74) is 2.79. The van der Waals surface area contributed by atoms with E-state index in [-0.39, 0.29) is 0 Å². The normalized spacial score (nSPS) is 10.9. The summed E-state index contributed by atoms with van der Waals surface area (Å²) in [5, 5.41) is 8.93. The first-order valence-electron chi connectivity index (χ1n) is 5.52. The van der Waals surface area contributed by atoms with E-state index in [0.717, 1.165) is 21.9 Å². The van der Waals surface area contributed by atoms with Crippen LogP contribution >= 0.6 is 11.8 Å². The van der Waals surface area contributed by atoms with Gasteiger partial charge in [-0.1, -0.05) is 47.3 Å². The molecule has 6 heteroatoms. The zero-order valence-electron chi connectivity index (χ0n) is 9.82. The Balaban J connectivity index is 1.87. The number of benzene rings is 1. The van der Waals surface area contributed by atoms with Gasteiger partial charge in [-0.15, -0.1) is 5.10 Å². The van der Waals surface area contributed by atoms with E-state index >= 15 is 0 Å². The Labute approximate surface area is 108 Å². The van der Waals surface area contributed by atoms with Crippen molar-refractivity contribution >= 4 is 22.9 Å². The van der Waals surface area contributed by atoms with Crippen molar-refractivity contribution in [3.8, 4) is 0 Å². The number of hydrogen-bond acceptors (Lipinski definition) is 5. The molecule has 1 aromatic carbocycles. The third-order valence-electron chi connectivity index (χ3n) is 2.57. The lowest BCUT2D eigenvalue weighted by Crippen LogP contribution is -1.92. The minimum absolute atomic E-state index is 0.764. The molecule has 0 aliphatic carbocycles. The Morgan fingerprint density at radius 3 is 2.83 bits per heavy atom. The second-order valence-electron chi connectivity index (χ2n) is 3.84. The summed E-state index contributed by atoms with van der Waals surface area (Å²) in [4.78, 5) is 8.44.